The van der Waals surface area contributed by atoms with Crippen molar-refractivity contribution < 1.29 is 36.6 Å². The Kier molecular flexibility index (Phi) is 9.62. The van der Waals surface area contributed by atoms with E-state index in [2.05, 4.69) is 20.6 Å². The SMILES string of the molecule is CC[C@H](Nc1cc(C(F)F)c(C(=S)C(/N=C(\C)C(=O)N[C@H]2CCC[C@@H]2O)C(=O)N2C3CCC2CC3)cn1)C(F)(F)F. The van der Waals surface area contributed by atoms with E-state index in [1.54, 1.807) is 4.90 Å². The lowest BCUT2D eigenvalue weighted by Gasteiger charge is -2.27. The lowest BCUT2D eigenvalue weighted by atomic mass is 10.0. The molecule has 1 aromatic heterocycles. The molecule has 2 saturated heterocycles. The van der Waals surface area contributed by atoms with Crippen LogP contribution >= 0.6 is 12.2 Å². The number of nitrogens with one attached hydrogen (secondary N) is 2. The third-order valence-electron chi connectivity index (χ3n) is 8.20. The number of alkyl halides is 5. The molecule has 8 nitrogen and oxygen atoms in total. The van der Waals surface area contributed by atoms with Crippen molar-refractivity contribution in [2.24, 2.45) is 4.99 Å². The average Bonchev–Trinajstić information content (AvgIpc) is 3.64. The summed E-state index contributed by atoms with van der Waals surface area (Å²) in [5.74, 6) is -1.55. The summed E-state index contributed by atoms with van der Waals surface area (Å²) >= 11 is 5.54. The Morgan fingerprint density at radius 2 is 1.80 bits per heavy atom. The molecule has 1 unspecified atom stereocenters. The minimum atomic E-state index is -4.62. The van der Waals surface area contributed by atoms with Gasteiger partial charge < -0.3 is 20.6 Å². The molecule has 1 aromatic rings. The van der Waals surface area contributed by atoms with E-state index in [1.165, 1.54) is 13.8 Å². The van der Waals surface area contributed by atoms with Gasteiger partial charge in [0.1, 0.15) is 11.9 Å². The lowest BCUT2D eigenvalue weighted by molar-refractivity contribution is -0.143. The van der Waals surface area contributed by atoms with Crippen LogP contribution in [0.3, 0.4) is 0 Å². The van der Waals surface area contributed by atoms with Gasteiger partial charge in [-0.3, -0.25) is 14.6 Å². The number of carbonyl (C=O) groups is 2. The molecule has 41 heavy (non-hydrogen) atoms. The first-order chi connectivity index (χ1) is 19.3. The van der Waals surface area contributed by atoms with Crippen LogP contribution in [0.4, 0.5) is 27.8 Å². The fraction of sp³-hybridized carbons (Fsp3) is 0.667. The normalized spacial score (nSPS) is 25.9. The van der Waals surface area contributed by atoms with Gasteiger partial charge in [0.15, 0.2) is 6.04 Å². The van der Waals surface area contributed by atoms with Crippen molar-refractivity contribution in [3.63, 3.8) is 0 Å². The molecule has 1 aliphatic carbocycles. The average molecular weight is 604 g/mol. The second-order valence-electron chi connectivity index (χ2n) is 10.9. The van der Waals surface area contributed by atoms with Gasteiger partial charge in [-0.05, 0) is 64.4 Å². The Balaban J connectivity index is 1.66. The van der Waals surface area contributed by atoms with Crippen LogP contribution in [0.2, 0.25) is 0 Å². The summed E-state index contributed by atoms with van der Waals surface area (Å²) in [7, 11) is 0. The van der Waals surface area contributed by atoms with Crippen molar-refractivity contribution in [2.75, 3.05) is 5.32 Å². The maximum absolute atomic E-state index is 14.2. The molecule has 3 aliphatic rings. The number of fused-ring (bicyclic) bond motifs is 2. The Labute approximate surface area is 240 Å². The predicted molar refractivity (Wildman–Crippen MR) is 146 cm³/mol. The van der Waals surface area contributed by atoms with Gasteiger partial charge in [0.05, 0.1) is 22.7 Å². The molecule has 2 aliphatic heterocycles. The summed E-state index contributed by atoms with van der Waals surface area (Å²) in [5, 5.41) is 14.9. The van der Waals surface area contributed by atoms with Crippen LogP contribution in [0, 0.1) is 0 Å². The summed E-state index contributed by atoms with van der Waals surface area (Å²) in [6.45, 7) is 2.67. The van der Waals surface area contributed by atoms with Crippen LogP contribution in [0.15, 0.2) is 17.3 Å². The molecule has 0 aromatic carbocycles. The van der Waals surface area contributed by atoms with Crippen LogP contribution in [-0.4, -0.2) is 79.9 Å². The molecule has 2 amide bonds. The van der Waals surface area contributed by atoms with Gasteiger partial charge in [-0.2, -0.15) is 13.2 Å². The summed E-state index contributed by atoms with van der Waals surface area (Å²) in [5.41, 5.74) is -1.11. The summed E-state index contributed by atoms with van der Waals surface area (Å²) in [6, 6.07) is -3.25. The third kappa shape index (κ3) is 6.85. The standard InChI is InChI=1S/C27H34F5N5O3S/c1-3-20(27(30,31)32)36-21-11-16(24(28)29)17(12-33-21)23(41)22(26(40)37-14-7-8-15(37)10-9-14)34-13(2)25(39)35-18-5-4-6-19(18)38/h11-12,14-15,18-20,22,24,38H,3-10H2,1-2H3,(H,33,36)(H,35,39)/b34-13+/t14?,15?,18-,19-,20-,22?/m0/s1. The van der Waals surface area contributed by atoms with Gasteiger partial charge in [0, 0.05) is 29.4 Å². The number of amides is 2. The number of rotatable bonds is 10. The molecular formula is C27H34F5N5O3S. The number of nitrogens with zero attached hydrogens (tertiary/aromatic N) is 3. The molecule has 3 heterocycles. The van der Waals surface area contributed by atoms with Gasteiger partial charge in [-0.1, -0.05) is 19.1 Å². The van der Waals surface area contributed by atoms with Gasteiger partial charge >= 0.3 is 6.18 Å². The van der Waals surface area contributed by atoms with Crippen molar-refractivity contribution in [2.45, 2.75) is 114 Å². The number of aliphatic hydroxyl groups excluding tert-OH is 1. The van der Waals surface area contributed by atoms with Gasteiger partial charge in [0.25, 0.3) is 18.2 Å². The van der Waals surface area contributed by atoms with Crippen LogP contribution in [-0.2, 0) is 9.59 Å². The number of halogens is 5. The summed E-state index contributed by atoms with van der Waals surface area (Å²) < 4.78 is 68.2. The zero-order chi connectivity index (χ0) is 30.1. The Morgan fingerprint density at radius 1 is 1.17 bits per heavy atom. The first-order valence-electron chi connectivity index (χ1n) is 13.8. The zero-order valence-corrected chi connectivity index (χ0v) is 23.6. The largest absolute Gasteiger partial charge is 0.408 e. The highest BCUT2D eigenvalue weighted by Crippen LogP contribution is 2.39. The second-order valence-corrected chi connectivity index (χ2v) is 11.3. The molecule has 226 valence electrons. The molecule has 4 rings (SSSR count). The van der Waals surface area contributed by atoms with E-state index in [4.69, 9.17) is 12.2 Å². The van der Waals surface area contributed by atoms with E-state index < -0.39 is 60.0 Å². The van der Waals surface area contributed by atoms with E-state index in [9.17, 15) is 36.6 Å². The van der Waals surface area contributed by atoms with Crippen molar-refractivity contribution in [1.29, 1.82) is 0 Å². The fourth-order valence-corrected chi connectivity index (χ4v) is 6.28. The van der Waals surface area contributed by atoms with Gasteiger partial charge in [-0.25, -0.2) is 13.8 Å². The van der Waals surface area contributed by atoms with Crippen LogP contribution < -0.4 is 10.6 Å². The Bertz CT molecular complexity index is 1180. The Hall–Kier alpha value is -2.74. The van der Waals surface area contributed by atoms with Crippen molar-refractivity contribution in [3.05, 3.63) is 23.4 Å². The van der Waals surface area contributed by atoms with Gasteiger partial charge in [0.2, 0.25) is 0 Å². The van der Waals surface area contributed by atoms with E-state index in [-0.39, 0.29) is 34.6 Å². The number of hydrogen-bond donors (Lipinski definition) is 3. The smallest absolute Gasteiger partial charge is 0.391 e. The predicted octanol–water partition coefficient (Wildman–Crippen LogP) is 4.50. The molecule has 3 fully saturated rings. The molecule has 4 atom stereocenters. The maximum Gasteiger partial charge on any atom is 0.408 e. The summed E-state index contributed by atoms with van der Waals surface area (Å²) in [4.78, 5) is 36.3. The van der Waals surface area contributed by atoms with E-state index >= 15 is 0 Å². The Morgan fingerprint density at radius 3 is 2.32 bits per heavy atom. The first-order valence-corrected chi connectivity index (χ1v) is 14.2. The molecule has 3 N–H and O–H groups in total. The fourth-order valence-electron chi connectivity index (χ4n) is 5.95. The number of aliphatic hydroxyl groups is 1. The number of thiocarbonyl (C=S) groups is 1. The molecule has 14 heteroatoms. The maximum atomic E-state index is 14.2. The number of pyridine rings is 1. The van der Waals surface area contributed by atoms with E-state index in [1.807, 2.05) is 0 Å². The van der Waals surface area contributed by atoms with Gasteiger partial charge in [-0.15, -0.1) is 0 Å². The highest BCUT2D eigenvalue weighted by Gasteiger charge is 2.45. The first kappa shape index (κ1) is 31.2. The molecule has 2 bridgehead atoms. The third-order valence-corrected chi connectivity index (χ3v) is 8.64. The monoisotopic (exact) mass is 603 g/mol. The quantitative estimate of drug-likeness (QED) is 0.157. The molecule has 1 saturated carbocycles. The highest BCUT2D eigenvalue weighted by molar-refractivity contribution is 7.81. The zero-order valence-electron chi connectivity index (χ0n) is 22.8. The topological polar surface area (TPSA) is 107 Å². The minimum Gasteiger partial charge on any atom is -0.391 e. The van der Waals surface area contributed by atoms with E-state index in [0.717, 1.165) is 44.4 Å². The number of hydrogen-bond acceptors (Lipinski definition) is 7. The van der Waals surface area contributed by atoms with Crippen LogP contribution in [0.25, 0.3) is 0 Å². The second kappa shape index (κ2) is 12.6. The number of aliphatic imine (C=N–C) groups is 1. The molecule has 0 spiro atoms. The number of aromatic nitrogens is 1. The van der Waals surface area contributed by atoms with Crippen LogP contribution in [0.1, 0.15) is 82.8 Å². The van der Waals surface area contributed by atoms with Crippen molar-refractivity contribution in [3.8, 4) is 0 Å². The highest BCUT2D eigenvalue weighted by atomic mass is 32.1. The van der Waals surface area contributed by atoms with Crippen LogP contribution in [0.5, 0.6) is 0 Å². The number of carbonyl (C=O) groups excluding carboxylic acids is 2. The minimum absolute atomic E-state index is 0.0385. The van der Waals surface area contributed by atoms with Crippen molar-refractivity contribution >= 4 is 40.4 Å². The molecule has 0 radical (unpaired) electrons. The summed E-state index contributed by atoms with van der Waals surface area (Å²) in [6.07, 6.45) is -2.87. The van der Waals surface area contributed by atoms with Crippen molar-refractivity contribution in [1.82, 2.24) is 15.2 Å². The molecular weight excluding hydrogens is 569 g/mol. The van der Waals surface area contributed by atoms with E-state index in [0.29, 0.717) is 12.8 Å². The number of anilines is 1. The lowest BCUT2D eigenvalue weighted by Crippen LogP contribution is -2.46.